The normalized spacial score (nSPS) is 16.1. The largest absolute Gasteiger partial charge is 0.403 e. The number of rotatable bonds is 5. The van der Waals surface area contributed by atoms with Gasteiger partial charge in [0.25, 0.3) is 10.0 Å². The van der Waals surface area contributed by atoms with E-state index in [9.17, 15) is 13.2 Å². The third kappa shape index (κ3) is 3.81. The van der Waals surface area contributed by atoms with Crippen LogP contribution in [-0.2, 0) is 14.8 Å². The summed E-state index contributed by atoms with van der Waals surface area (Å²) >= 11 is 1.19. The van der Waals surface area contributed by atoms with Crippen molar-refractivity contribution < 1.29 is 17.6 Å². The number of carbonyl (C=O) groups excluding carboxylic acids is 1. The number of thiophene rings is 1. The lowest BCUT2D eigenvalue weighted by atomic mass is 9.97. The van der Waals surface area contributed by atoms with Crippen molar-refractivity contribution in [2.75, 3.05) is 18.4 Å². The number of pyridine rings is 1. The summed E-state index contributed by atoms with van der Waals surface area (Å²) in [5.41, 5.74) is 0.704. The molecule has 1 saturated heterocycles. The minimum Gasteiger partial charge on any atom is -0.403 e. The highest BCUT2D eigenvalue weighted by Crippen LogP contribution is 2.27. The van der Waals surface area contributed by atoms with Crippen molar-refractivity contribution in [3.63, 3.8) is 0 Å². The summed E-state index contributed by atoms with van der Waals surface area (Å²) in [5, 5.41) is 12.1. The Labute approximate surface area is 165 Å². The van der Waals surface area contributed by atoms with Gasteiger partial charge in [-0.1, -0.05) is 11.2 Å². The summed E-state index contributed by atoms with van der Waals surface area (Å²) in [6.07, 6.45) is 4.08. The molecule has 0 radical (unpaired) electrons. The number of carbonyl (C=O) groups is 1. The van der Waals surface area contributed by atoms with Crippen LogP contribution in [0.15, 0.2) is 50.7 Å². The highest BCUT2D eigenvalue weighted by atomic mass is 32.2. The molecular formula is C17H17N5O4S2. The second kappa shape index (κ2) is 7.78. The van der Waals surface area contributed by atoms with Crippen LogP contribution in [0.1, 0.15) is 12.8 Å². The lowest BCUT2D eigenvalue weighted by molar-refractivity contribution is -0.121. The molecule has 9 nitrogen and oxygen atoms in total. The molecule has 0 saturated carbocycles. The number of hydrogen-bond donors (Lipinski definition) is 1. The molecule has 3 aromatic heterocycles. The van der Waals surface area contributed by atoms with Crippen molar-refractivity contribution in [1.29, 1.82) is 0 Å². The van der Waals surface area contributed by atoms with E-state index in [-0.39, 0.29) is 23.7 Å². The summed E-state index contributed by atoms with van der Waals surface area (Å²) in [6, 6.07) is 6.77. The Kier molecular flexibility index (Phi) is 5.20. The molecule has 146 valence electrons. The number of aromatic nitrogens is 3. The lowest BCUT2D eigenvalue weighted by Crippen LogP contribution is -2.41. The van der Waals surface area contributed by atoms with Gasteiger partial charge in [-0.25, -0.2) is 8.42 Å². The predicted molar refractivity (Wildman–Crippen MR) is 102 cm³/mol. The first-order valence-corrected chi connectivity index (χ1v) is 10.9. The standard InChI is InChI=1S/C17H17N5O4S2/c23-15(19-17-21-20-16(26-17)13-3-7-18-8-4-13)12-5-9-22(10-6-12)28(24,25)14-2-1-11-27-14/h1-4,7-8,11-12H,5-6,9-10H2,(H,19,21,23). The van der Waals surface area contributed by atoms with Crippen LogP contribution in [0.3, 0.4) is 0 Å². The van der Waals surface area contributed by atoms with Gasteiger partial charge in [0.1, 0.15) is 4.21 Å². The summed E-state index contributed by atoms with van der Waals surface area (Å²) in [7, 11) is -3.48. The molecule has 0 atom stereocenters. The molecule has 0 bridgehead atoms. The third-order valence-corrected chi connectivity index (χ3v) is 7.77. The number of amides is 1. The van der Waals surface area contributed by atoms with E-state index in [1.165, 1.54) is 15.6 Å². The van der Waals surface area contributed by atoms with Crippen molar-refractivity contribution in [1.82, 2.24) is 19.5 Å². The molecule has 0 spiro atoms. The van der Waals surface area contributed by atoms with Gasteiger partial charge in [0.2, 0.25) is 11.8 Å². The van der Waals surface area contributed by atoms with Gasteiger partial charge in [-0.15, -0.1) is 16.4 Å². The van der Waals surface area contributed by atoms with E-state index in [1.54, 1.807) is 42.0 Å². The Balaban J connectivity index is 1.35. The van der Waals surface area contributed by atoms with Gasteiger partial charge in [0, 0.05) is 37.0 Å². The van der Waals surface area contributed by atoms with Gasteiger partial charge in [0.15, 0.2) is 0 Å². The maximum Gasteiger partial charge on any atom is 0.322 e. The fourth-order valence-electron chi connectivity index (χ4n) is 2.99. The van der Waals surface area contributed by atoms with Crippen LogP contribution >= 0.6 is 11.3 Å². The van der Waals surface area contributed by atoms with Crippen LogP contribution in [0.5, 0.6) is 0 Å². The Morgan fingerprint density at radius 1 is 1.18 bits per heavy atom. The van der Waals surface area contributed by atoms with Gasteiger partial charge in [0.05, 0.1) is 0 Å². The van der Waals surface area contributed by atoms with E-state index in [2.05, 4.69) is 20.5 Å². The maximum absolute atomic E-state index is 12.6. The number of nitrogens with one attached hydrogen (secondary N) is 1. The molecule has 11 heteroatoms. The van der Waals surface area contributed by atoms with Crippen LogP contribution < -0.4 is 5.32 Å². The molecule has 1 aliphatic rings. The lowest BCUT2D eigenvalue weighted by Gasteiger charge is -2.29. The number of anilines is 1. The number of nitrogens with zero attached hydrogens (tertiary/aromatic N) is 4. The number of hydrogen-bond acceptors (Lipinski definition) is 8. The van der Waals surface area contributed by atoms with Gasteiger partial charge in [-0.3, -0.25) is 15.1 Å². The Morgan fingerprint density at radius 3 is 2.61 bits per heavy atom. The first-order valence-electron chi connectivity index (χ1n) is 8.62. The minimum absolute atomic E-state index is 0.0189. The van der Waals surface area contributed by atoms with Crippen molar-refractivity contribution >= 4 is 33.3 Å². The Hall–Kier alpha value is -2.63. The number of piperidine rings is 1. The van der Waals surface area contributed by atoms with Crippen LogP contribution in [0, 0.1) is 5.92 Å². The second-order valence-corrected chi connectivity index (χ2v) is 9.36. The van der Waals surface area contributed by atoms with Crippen molar-refractivity contribution in [3.8, 4) is 11.5 Å². The second-order valence-electron chi connectivity index (χ2n) is 6.25. The van der Waals surface area contributed by atoms with Crippen LogP contribution in [0.2, 0.25) is 0 Å². The highest BCUT2D eigenvalue weighted by molar-refractivity contribution is 7.91. The van der Waals surface area contributed by atoms with E-state index >= 15 is 0 Å². The van der Waals surface area contributed by atoms with E-state index in [0.29, 0.717) is 35.7 Å². The average molecular weight is 419 g/mol. The van der Waals surface area contributed by atoms with Crippen molar-refractivity contribution in [2.45, 2.75) is 17.1 Å². The molecule has 3 aromatic rings. The Morgan fingerprint density at radius 2 is 1.93 bits per heavy atom. The molecule has 0 unspecified atom stereocenters. The first kappa shape index (κ1) is 18.7. The molecule has 1 aliphatic heterocycles. The summed E-state index contributed by atoms with van der Waals surface area (Å²) in [6.45, 7) is 0.592. The Bertz CT molecular complexity index is 1040. The maximum atomic E-state index is 12.6. The molecule has 4 rings (SSSR count). The van der Waals surface area contributed by atoms with E-state index in [1.807, 2.05) is 0 Å². The molecule has 0 aliphatic carbocycles. The summed E-state index contributed by atoms with van der Waals surface area (Å²) in [4.78, 5) is 16.4. The van der Waals surface area contributed by atoms with Crippen LogP contribution in [0.4, 0.5) is 6.01 Å². The van der Waals surface area contributed by atoms with Crippen LogP contribution in [0.25, 0.3) is 11.5 Å². The molecule has 1 fully saturated rings. The summed E-state index contributed by atoms with van der Waals surface area (Å²) < 4.78 is 32.3. The van der Waals surface area contributed by atoms with Crippen LogP contribution in [-0.4, -0.2) is 46.9 Å². The minimum atomic E-state index is -3.48. The molecule has 4 heterocycles. The predicted octanol–water partition coefficient (Wildman–Crippen LogP) is 2.23. The molecule has 1 amide bonds. The SMILES string of the molecule is O=C(Nc1nnc(-c2ccncc2)o1)C1CCN(S(=O)(=O)c2cccs2)CC1. The summed E-state index contributed by atoms with van der Waals surface area (Å²) in [5.74, 6) is -0.279. The quantitative estimate of drug-likeness (QED) is 0.674. The van der Waals surface area contributed by atoms with E-state index < -0.39 is 10.0 Å². The van der Waals surface area contributed by atoms with Crippen molar-refractivity contribution in [2.24, 2.45) is 5.92 Å². The van der Waals surface area contributed by atoms with Gasteiger partial charge in [-0.05, 0) is 36.4 Å². The fraction of sp³-hybridized carbons (Fsp3) is 0.294. The van der Waals surface area contributed by atoms with Gasteiger partial charge >= 0.3 is 6.01 Å². The monoisotopic (exact) mass is 419 g/mol. The topological polar surface area (TPSA) is 118 Å². The first-order chi connectivity index (χ1) is 13.5. The van der Waals surface area contributed by atoms with Gasteiger partial charge < -0.3 is 4.42 Å². The van der Waals surface area contributed by atoms with E-state index in [4.69, 9.17) is 4.42 Å². The zero-order valence-electron chi connectivity index (χ0n) is 14.7. The van der Waals surface area contributed by atoms with E-state index in [0.717, 1.165) is 0 Å². The van der Waals surface area contributed by atoms with Gasteiger partial charge in [-0.2, -0.15) is 4.31 Å². The molecule has 0 aromatic carbocycles. The zero-order chi connectivity index (χ0) is 19.6. The third-order valence-electron chi connectivity index (χ3n) is 4.50. The molecule has 28 heavy (non-hydrogen) atoms. The highest BCUT2D eigenvalue weighted by Gasteiger charge is 2.33. The fourth-order valence-corrected chi connectivity index (χ4v) is 5.60. The molecule has 1 N–H and O–H groups in total. The zero-order valence-corrected chi connectivity index (χ0v) is 16.3. The smallest absolute Gasteiger partial charge is 0.322 e. The average Bonchev–Trinajstić information content (AvgIpc) is 3.41. The number of sulfonamides is 1. The molecular weight excluding hydrogens is 402 g/mol. The van der Waals surface area contributed by atoms with Crippen molar-refractivity contribution in [3.05, 3.63) is 42.0 Å².